The van der Waals surface area contributed by atoms with Crippen LogP contribution in [-0.4, -0.2) is 30.9 Å². The molecule has 0 saturated carbocycles. The summed E-state index contributed by atoms with van der Waals surface area (Å²) in [4.78, 5) is 0. The molecular weight excluding hydrogens is 196 g/mol. The molecule has 0 amide bonds. The number of hydrogen-bond acceptors (Lipinski definition) is 2. The van der Waals surface area contributed by atoms with Crippen LogP contribution < -0.4 is 10.6 Å². The molecule has 0 aromatic heterocycles. The van der Waals surface area contributed by atoms with Crippen LogP contribution in [-0.2, 0) is 4.74 Å². The zero-order chi connectivity index (χ0) is 10.8. The van der Waals surface area contributed by atoms with Gasteiger partial charge in [0, 0.05) is 19.2 Å². The number of nitrogens with one attached hydrogen (secondary N) is 2. The normalized spacial score (nSPS) is 12.2. The van der Waals surface area contributed by atoms with E-state index in [-0.39, 0.29) is 6.04 Å². The van der Waals surface area contributed by atoms with Crippen LogP contribution in [0.1, 0.15) is 33.6 Å². The van der Waals surface area contributed by atoms with Crippen LogP contribution in [0.5, 0.6) is 0 Å². The number of ether oxygens (including phenoxy) is 1. The summed E-state index contributed by atoms with van der Waals surface area (Å²) >= 11 is 5.12. The van der Waals surface area contributed by atoms with Crippen molar-refractivity contribution in [3.05, 3.63) is 0 Å². The fourth-order valence-corrected chi connectivity index (χ4v) is 1.29. The lowest BCUT2D eigenvalue weighted by atomic mass is 10.3. The van der Waals surface area contributed by atoms with Crippen molar-refractivity contribution in [2.75, 3.05) is 19.8 Å². The molecule has 0 aromatic carbocycles. The van der Waals surface area contributed by atoms with Crippen molar-refractivity contribution in [2.45, 2.75) is 39.7 Å². The van der Waals surface area contributed by atoms with Gasteiger partial charge in [-0.3, -0.25) is 0 Å². The Bertz CT molecular complexity index is 153. The largest absolute Gasteiger partial charge is 0.380 e. The maximum atomic E-state index is 5.27. The Balaban J connectivity index is 3.40. The number of unbranched alkanes of at least 4 members (excludes halogenated alkanes) is 1. The summed E-state index contributed by atoms with van der Waals surface area (Å²) in [6.07, 6.45) is 2.34. The minimum Gasteiger partial charge on any atom is -0.380 e. The van der Waals surface area contributed by atoms with Crippen molar-refractivity contribution < 1.29 is 4.74 Å². The quantitative estimate of drug-likeness (QED) is 0.503. The van der Waals surface area contributed by atoms with Crippen LogP contribution in [0.25, 0.3) is 0 Å². The average Bonchev–Trinajstić information content (AvgIpc) is 2.15. The molecule has 0 radical (unpaired) electrons. The van der Waals surface area contributed by atoms with E-state index >= 15 is 0 Å². The van der Waals surface area contributed by atoms with Gasteiger partial charge in [0.2, 0.25) is 0 Å². The number of thiocarbonyl (C=S) groups is 1. The number of hydrogen-bond donors (Lipinski definition) is 2. The van der Waals surface area contributed by atoms with Crippen molar-refractivity contribution in [3.63, 3.8) is 0 Å². The maximum absolute atomic E-state index is 5.27. The van der Waals surface area contributed by atoms with Gasteiger partial charge in [-0.05, 0) is 32.5 Å². The highest BCUT2D eigenvalue weighted by molar-refractivity contribution is 7.80. The van der Waals surface area contributed by atoms with Crippen molar-refractivity contribution >= 4 is 17.3 Å². The summed E-state index contributed by atoms with van der Waals surface area (Å²) < 4.78 is 5.27. The summed E-state index contributed by atoms with van der Waals surface area (Å²) in [6.45, 7) is 8.61. The zero-order valence-corrected chi connectivity index (χ0v) is 10.2. The van der Waals surface area contributed by atoms with Gasteiger partial charge >= 0.3 is 0 Å². The first-order valence-corrected chi connectivity index (χ1v) is 5.73. The molecule has 0 aliphatic carbocycles. The smallest absolute Gasteiger partial charge is 0.166 e. The van der Waals surface area contributed by atoms with Gasteiger partial charge < -0.3 is 15.4 Å². The van der Waals surface area contributed by atoms with E-state index in [9.17, 15) is 0 Å². The van der Waals surface area contributed by atoms with E-state index in [1.54, 1.807) is 0 Å². The molecule has 0 rings (SSSR count). The van der Waals surface area contributed by atoms with E-state index in [0.717, 1.165) is 24.7 Å². The van der Waals surface area contributed by atoms with Gasteiger partial charge in [0.1, 0.15) is 0 Å². The predicted octanol–water partition coefficient (Wildman–Crippen LogP) is 1.68. The molecule has 0 aliphatic heterocycles. The molecule has 2 N–H and O–H groups in total. The summed E-state index contributed by atoms with van der Waals surface area (Å²) in [6, 6.07) is 0.275. The van der Waals surface area contributed by atoms with Gasteiger partial charge in [-0.2, -0.15) is 0 Å². The maximum Gasteiger partial charge on any atom is 0.166 e. The number of rotatable bonds is 7. The molecule has 0 saturated heterocycles. The van der Waals surface area contributed by atoms with Crippen molar-refractivity contribution in [2.24, 2.45) is 0 Å². The molecular formula is C10H22N2OS. The third-order valence-electron chi connectivity index (χ3n) is 1.77. The minimum absolute atomic E-state index is 0.275. The molecule has 0 aliphatic rings. The molecule has 14 heavy (non-hydrogen) atoms. The van der Waals surface area contributed by atoms with E-state index in [0.29, 0.717) is 6.61 Å². The van der Waals surface area contributed by atoms with E-state index in [4.69, 9.17) is 17.0 Å². The summed E-state index contributed by atoms with van der Waals surface area (Å²) in [7, 11) is 0. The zero-order valence-electron chi connectivity index (χ0n) is 9.43. The molecule has 0 spiro atoms. The van der Waals surface area contributed by atoms with Crippen LogP contribution in [0.2, 0.25) is 0 Å². The standard InChI is InChI=1S/C10H22N2OS/c1-4-6-7-11-10(14)12-9(3)8-13-5-2/h9H,4-8H2,1-3H3,(H2,11,12,14). The van der Waals surface area contributed by atoms with Gasteiger partial charge in [-0.15, -0.1) is 0 Å². The van der Waals surface area contributed by atoms with Crippen LogP contribution in [0.15, 0.2) is 0 Å². The van der Waals surface area contributed by atoms with Crippen LogP contribution in [0.4, 0.5) is 0 Å². The van der Waals surface area contributed by atoms with Crippen LogP contribution >= 0.6 is 12.2 Å². The fourth-order valence-electron chi connectivity index (χ4n) is 0.990. The second-order valence-corrected chi connectivity index (χ2v) is 3.72. The molecule has 0 heterocycles. The highest BCUT2D eigenvalue weighted by atomic mass is 32.1. The Labute approximate surface area is 92.6 Å². The van der Waals surface area contributed by atoms with Gasteiger partial charge in [0.25, 0.3) is 0 Å². The van der Waals surface area contributed by atoms with Gasteiger partial charge in [0.05, 0.1) is 6.61 Å². The van der Waals surface area contributed by atoms with Crippen molar-refractivity contribution in [1.29, 1.82) is 0 Å². The van der Waals surface area contributed by atoms with Gasteiger partial charge in [0.15, 0.2) is 5.11 Å². The third kappa shape index (κ3) is 8.26. The molecule has 84 valence electrons. The van der Waals surface area contributed by atoms with Gasteiger partial charge in [-0.1, -0.05) is 13.3 Å². The predicted molar refractivity (Wildman–Crippen MR) is 64.6 cm³/mol. The second kappa shape index (κ2) is 9.21. The monoisotopic (exact) mass is 218 g/mol. The summed E-state index contributed by atoms with van der Waals surface area (Å²) in [5, 5.41) is 7.05. The van der Waals surface area contributed by atoms with Crippen molar-refractivity contribution in [3.8, 4) is 0 Å². The highest BCUT2D eigenvalue weighted by Crippen LogP contribution is 1.86. The summed E-state index contributed by atoms with van der Waals surface area (Å²) in [5.74, 6) is 0. The molecule has 0 bridgehead atoms. The second-order valence-electron chi connectivity index (χ2n) is 3.31. The van der Waals surface area contributed by atoms with Crippen LogP contribution in [0.3, 0.4) is 0 Å². The van der Waals surface area contributed by atoms with Crippen molar-refractivity contribution in [1.82, 2.24) is 10.6 Å². The fraction of sp³-hybridized carbons (Fsp3) is 0.900. The summed E-state index contributed by atoms with van der Waals surface area (Å²) in [5.41, 5.74) is 0. The van der Waals surface area contributed by atoms with Gasteiger partial charge in [-0.25, -0.2) is 0 Å². The van der Waals surface area contributed by atoms with E-state index in [1.165, 1.54) is 6.42 Å². The van der Waals surface area contributed by atoms with E-state index in [1.807, 2.05) is 6.92 Å². The first kappa shape index (κ1) is 13.7. The Hall–Kier alpha value is -0.350. The lowest BCUT2D eigenvalue weighted by Crippen LogP contribution is -2.42. The third-order valence-corrected chi connectivity index (χ3v) is 2.03. The molecule has 1 unspecified atom stereocenters. The molecule has 4 heteroatoms. The minimum atomic E-state index is 0.275. The van der Waals surface area contributed by atoms with E-state index in [2.05, 4.69) is 24.5 Å². The first-order valence-electron chi connectivity index (χ1n) is 5.32. The van der Waals surface area contributed by atoms with E-state index < -0.39 is 0 Å². The molecule has 0 aromatic rings. The first-order chi connectivity index (χ1) is 6.70. The Kier molecular flexibility index (Phi) is 8.98. The molecule has 1 atom stereocenters. The molecule has 0 fully saturated rings. The Morgan fingerprint density at radius 1 is 1.43 bits per heavy atom. The Morgan fingerprint density at radius 2 is 2.14 bits per heavy atom. The SMILES string of the molecule is CCCCNC(=S)NC(C)COCC. The van der Waals surface area contributed by atoms with Crippen LogP contribution in [0, 0.1) is 0 Å². The lowest BCUT2D eigenvalue weighted by Gasteiger charge is -2.16. The average molecular weight is 218 g/mol. The topological polar surface area (TPSA) is 33.3 Å². The molecule has 3 nitrogen and oxygen atoms in total. The highest BCUT2D eigenvalue weighted by Gasteiger charge is 2.02. The Morgan fingerprint density at radius 3 is 2.71 bits per heavy atom. The lowest BCUT2D eigenvalue weighted by molar-refractivity contribution is 0.132.